The summed E-state index contributed by atoms with van der Waals surface area (Å²) < 4.78 is 13.6. The fourth-order valence-corrected chi connectivity index (χ4v) is 4.60. The molecular formula is C23H18N6O5S. The third-order valence-electron chi connectivity index (χ3n) is 5.38. The Balaban J connectivity index is 1.49. The number of hydrogen-bond acceptors (Lipinski definition) is 9. The molecule has 12 heteroatoms. The summed E-state index contributed by atoms with van der Waals surface area (Å²) in [5.41, 5.74) is 1.47. The summed E-state index contributed by atoms with van der Waals surface area (Å²) in [5, 5.41) is 18.4. The molecule has 0 saturated carbocycles. The molecule has 2 aromatic carbocycles. The van der Waals surface area contributed by atoms with Crippen molar-refractivity contribution in [1.29, 1.82) is 0 Å². The number of nitro groups is 1. The molecule has 0 N–H and O–H groups in total. The van der Waals surface area contributed by atoms with Crippen LogP contribution in [0.1, 0.15) is 5.69 Å². The van der Waals surface area contributed by atoms with Gasteiger partial charge < -0.3 is 9.47 Å². The average molecular weight is 491 g/mol. The predicted octanol–water partition coefficient (Wildman–Crippen LogP) is 3.68. The van der Waals surface area contributed by atoms with Gasteiger partial charge in [0.05, 0.1) is 43.1 Å². The van der Waals surface area contributed by atoms with Crippen molar-refractivity contribution in [3.8, 4) is 27.8 Å². The minimum absolute atomic E-state index is 0.133. The Kier molecular flexibility index (Phi) is 5.71. The van der Waals surface area contributed by atoms with Crippen LogP contribution in [0.2, 0.25) is 0 Å². The first-order valence-electron chi connectivity index (χ1n) is 10.3. The van der Waals surface area contributed by atoms with Gasteiger partial charge in [0.15, 0.2) is 17.1 Å². The van der Waals surface area contributed by atoms with Crippen LogP contribution in [0, 0.1) is 10.1 Å². The first-order chi connectivity index (χ1) is 17.0. The fraction of sp³-hybridized carbons (Fsp3) is 0.130. The second-order valence-electron chi connectivity index (χ2n) is 7.40. The van der Waals surface area contributed by atoms with E-state index < -0.39 is 4.92 Å². The number of benzene rings is 2. The molecular weight excluding hydrogens is 472 g/mol. The van der Waals surface area contributed by atoms with Gasteiger partial charge in [-0.15, -0.1) is 11.3 Å². The van der Waals surface area contributed by atoms with Crippen molar-refractivity contribution in [3.05, 3.63) is 86.5 Å². The van der Waals surface area contributed by atoms with Crippen LogP contribution in [0.4, 0.5) is 5.69 Å². The summed E-state index contributed by atoms with van der Waals surface area (Å²) in [6, 6.07) is 11.7. The standard InChI is InChI=1S/C23H18N6O5S/c1-33-19-9-5-6-15(20(19)34-2)22-26-14(12-35-22)11-27-13-24-21-16(23(27)30)10-25-28(21)17-7-3-4-8-18(17)29(31)32/h3-10,12-13H,11H2,1-2H3. The zero-order chi connectivity index (χ0) is 24.5. The van der Waals surface area contributed by atoms with Gasteiger partial charge in [-0.3, -0.25) is 19.5 Å². The van der Waals surface area contributed by atoms with E-state index in [9.17, 15) is 14.9 Å². The van der Waals surface area contributed by atoms with Gasteiger partial charge in [-0.2, -0.15) is 5.10 Å². The van der Waals surface area contributed by atoms with Crippen molar-refractivity contribution < 1.29 is 14.4 Å². The summed E-state index contributed by atoms with van der Waals surface area (Å²) >= 11 is 1.42. The SMILES string of the molecule is COc1cccc(-c2nc(Cn3cnc4c(cnn4-c4ccccc4[N+](=O)[O-])c3=O)cs2)c1OC. The summed E-state index contributed by atoms with van der Waals surface area (Å²) in [6.45, 7) is 0.196. The maximum absolute atomic E-state index is 13.1. The Hall–Kier alpha value is -4.58. The Morgan fingerprint density at radius 2 is 1.94 bits per heavy atom. The second-order valence-corrected chi connectivity index (χ2v) is 8.26. The summed E-state index contributed by atoms with van der Waals surface area (Å²) in [4.78, 5) is 33.1. The van der Waals surface area contributed by atoms with Crippen molar-refractivity contribution >= 4 is 28.1 Å². The molecule has 11 nitrogen and oxygen atoms in total. The van der Waals surface area contributed by atoms with E-state index in [0.29, 0.717) is 17.2 Å². The molecule has 0 bridgehead atoms. The lowest BCUT2D eigenvalue weighted by Crippen LogP contribution is -2.21. The van der Waals surface area contributed by atoms with E-state index >= 15 is 0 Å². The zero-order valence-electron chi connectivity index (χ0n) is 18.6. The highest BCUT2D eigenvalue weighted by molar-refractivity contribution is 7.13. The van der Waals surface area contributed by atoms with E-state index in [-0.39, 0.29) is 34.5 Å². The number of aromatic nitrogens is 5. The molecule has 3 aromatic heterocycles. The molecule has 0 atom stereocenters. The van der Waals surface area contributed by atoms with Gasteiger partial charge >= 0.3 is 0 Å². The molecule has 3 heterocycles. The average Bonchev–Trinajstić information content (AvgIpc) is 3.52. The second kappa shape index (κ2) is 8.99. The number of hydrogen-bond donors (Lipinski definition) is 0. The molecule has 176 valence electrons. The van der Waals surface area contributed by atoms with E-state index in [1.54, 1.807) is 32.4 Å². The molecule has 0 unspecified atom stereocenters. The van der Waals surface area contributed by atoms with Gasteiger partial charge in [0, 0.05) is 11.4 Å². The topological polar surface area (TPSA) is 127 Å². The lowest BCUT2D eigenvalue weighted by atomic mass is 10.2. The van der Waals surface area contributed by atoms with E-state index in [0.717, 1.165) is 10.6 Å². The van der Waals surface area contributed by atoms with Gasteiger partial charge in [-0.05, 0) is 18.2 Å². The van der Waals surface area contributed by atoms with E-state index in [1.165, 1.54) is 39.2 Å². The molecule has 0 amide bonds. The zero-order valence-corrected chi connectivity index (χ0v) is 19.4. The third-order valence-corrected chi connectivity index (χ3v) is 6.30. The number of fused-ring (bicyclic) bond motifs is 1. The Labute approximate surface area is 202 Å². The molecule has 0 saturated heterocycles. The van der Waals surface area contributed by atoms with Crippen molar-refractivity contribution in [2.24, 2.45) is 0 Å². The van der Waals surface area contributed by atoms with Crippen LogP contribution >= 0.6 is 11.3 Å². The summed E-state index contributed by atoms with van der Waals surface area (Å²) in [6.07, 6.45) is 2.76. The molecule has 5 aromatic rings. The van der Waals surface area contributed by atoms with Gasteiger partial charge in [0.25, 0.3) is 11.2 Å². The molecule has 0 aliphatic rings. The fourth-order valence-electron chi connectivity index (χ4n) is 3.77. The largest absolute Gasteiger partial charge is 0.493 e. The van der Waals surface area contributed by atoms with Crippen LogP contribution in [-0.2, 0) is 6.54 Å². The van der Waals surface area contributed by atoms with Crippen molar-refractivity contribution in [3.63, 3.8) is 0 Å². The number of rotatable bonds is 7. The minimum Gasteiger partial charge on any atom is -0.493 e. The van der Waals surface area contributed by atoms with E-state index in [1.807, 2.05) is 23.6 Å². The first kappa shape index (κ1) is 22.2. The highest BCUT2D eigenvalue weighted by Gasteiger charge is 2.20. The lowest BCUT2D eigenvalue weighted by Gasteiger charge is -2.10. The maximum Gasteiger partial charge on any atom is 0.294 e. The molecule has 35 heavy (non-hydrogen) atoms. The van der Waals surface area contributed by atoms with Crippen LogP contribution in [0.15, 0.2) is 65.2 Å². The monoisotopic (exact) mass is 490 g/mol. The molecule has 0 aliphatic heterocycles. The predicted molar refractivity (Wildman–Crippen MR) is 130 cm³/mol. The highest BCUT2D eigenvalue weighted by Crippen LogP contribution is 2.39. The van der Waals surface area contributed by atoms with Gasteiger partial charge in [0.1, 0.15) is 22.4 Å². The number of methoxy groups -OCH3 is 2. The highest BCUT2D eigenvalue weighted by atomic mass is 32.1. The van der Waals surface area contributed by atoms with Gasteiger partial charge in [0.2, 0.25) is 0 Å². The number of nitrogens with zero attached hydrogens (tertiary/aromatic N) is 6. The van der Waals surface area contributed by atoms with Crippen molar-refractivity contribution in [2.75, 3.05) is 14.2 Å². The van der Waals surface area contributed by atoms with Crippen LogP contribution in [0.5, 0.6) is 11.5 Å². The van der Waals surface area contributed by atoms with Crippen LogP contribution < -0.4 is 15.0 Å². The lowest BCUT2D eigenvalue weighted by molar-refractivity contribution is -0.384. The molecule has 5 rings (SSSR count). The first-order valence-corrected chi connectivity index (χ1v) is 11.2. The van der Waals surface area contributed by atoms with Crippen molar-refractivity contribution in [1.82, 2.24) is 24.3 Å². The summed E-state index contributed by atoms with van der Waals surface area (Å²) in [5.74, 6) is 1.18. The van der Waals surface area contributed by atoms with Crippen LogP contribution in [0.3, 0.4) is 0 Å². The van der Waals surface area contributed by atoms with Gasteiger partial charge in [-0.1, -0.05) is 18.2 Å². The van der Waals surface area contributed by atoms with Crippen molar-refractivity contribution in [2.45, 2.75) is 6.54 Å². The minimum atomic E-state index is -0.499. The number of para-hydroxylation sites is 3. The number of nitro benzene ring substituents is 1. The van der Waals surface area contributed by atoms with E-state index in [2.05, 4.69) is 15.1 Å². The smallest absolute Gasteiger partial charge is 0.294 e. The molecule has 0 spiro atoms. The number of ether oxygens (including phenoxy) is 2. The normalized spacial score (nSPS) is 11.0. The van der Waals surface area contributed by atoms with Crippen LogP contribution in [0.25, 0.3) is 27.3 Å². The van der Waals surface area contributed by atoms with E-state index in [4.69, 9.17) is 9.47 Å². The Morgan fingerprint density at radius 3 is 2.71 bits per heavy atom. The van der Waals surface area contributed by atoms with Gasteiger partial charge in [-0.25, -0.2) is 14.6 Å². The van der Waals surface area contributed by atoms with Crippen LogP contribution in [-0.4, -0.2) is 43.5 Å². The molecule has 0 fully saturated rings. The summed E-state index contributed by atoms with van der Waals surface area (Å²) in [7, 11) is 3.14. The molecule has 0 radical (unpaired) electrons. The maximum atomic E-state index is 13.1. The quantitative estimate of drug-likeness (QED) is 0.250. The molecule has 0 aliphatic carbocycles. The Bertz CT molecular complexity index is 1620. The third kappa shape index (κ3) is 3.89. The Morgan fingerprint density at radius 1 is 1.11 bits per heavy atom. The number of thiazole rings is 1.